The normalized spacial score (nSPS) is 34.7. The number of epoxide rings is 1. The SMILES string of the molecule is CNC1[C@@H](O[C@@H]2C3=CC#C[C@H]4OC4([C@H]4COC(=O)O4)C#CC3=C[C@H]2OC(=O)c2c(O)ccc3c(C)cc(CO)cc23)OC(C)[C@H](O)[C@H]1O. The highest BCUT2D eigenvalue weighted by Gasteiger charge is 2.65. The van der Waals surface area contributed by atoms with Crippen LogP contribution in [0.15, 0.2) is 47.6 Å². The van der Waals surface area contributed by atoms with E-state index in [2.05, 4.69) is 29.0 Å². The first kappa shape index (κ1) is 32.1. The summed E-state index contributed by atoms with van der Waals surface area (Å²) < 4.78 is 34.5. The number of aryl methyl sites for hydroxylation is 1. The van der Waals surface area contributed by atoms with E-state index < -0.39 is 72.8 Å². The second kappa shape index (κ2) is 12.2. The largest absolute Gasteiger partial charge is 0.508 e. The molecule has 3 unspecified atom stereocenters. The third kappa shape index (κ3) is 5.40. The lowest BCUT2D eigenvalue weighted by Gasteiger charge is -2.42. The van der Waals surface area contributed by atoms with E-state index in [9.17, 15) is 30.0 Å². The number of benzene rings is 2. The zero-order valence-electron chi connectivity index (χ0n) is 26.1. The number of hydrogen-bond donors (Lipinski definition) is 5. The van der Waals surface area contributed by atoms with Crippen molar-refractivity contribution in [1.82, 2.24) is 5.32 Å². The van der Waals surface area contributed by atoms with Crippen LogP contribution in [0, 0.1) is 30.6 Å². The van der Waals surface area contributed by atoms with E-state index >= 15 is 0 Å². The number of carbonyl (C=O) groups excluding carboxylic acids is 2. The molecule has 48 heavy (non-hydrogen) atoms. The molecule has 7 rings (SSSR count). The fourth-order valence-electron chi connectivity index (χ4n) is 6.58. The highest BCUT2D eigenvalue weighted by atomic mass is 16.8. The fraction of sp³-hybridized carbons (Fsp3) is 0.429. The second-order valence-corrected chi connectivity index (χ2v) is 12.2. The van der Waals surface area contributed by atoms with E-state index in [-0.39, 0.29) is 24.5 Å². The zero-order valence-corrected chi connectivity index (χ0v) is 26.1. The number of carbonyl (C=O) groups is 2. The maximum absolute atomic E-state index is 14.0. The molecule has 250 valence electrons. The first-order valence-corrected chi connectivity index (χ1v) is 15.4. The number of hydrogen-bond acceptors (Lipinski definition) is 13. The average molecular weight is 660 g/mol. The molecule has 0 amide bonds. The van der Waals surface area contributed by atoms with E-state index in [1.165, 1.54) is 6.07 Å². The molecule has 0 spiro atoms. The predicted molar refractivity (Wildman–Crippen MR) is 165 cm³/mol. The molecule has 5 N–H and O–H groups in total. The molecule has 3 saturated heterocycles. The molecule has 0 radical (unpaired) electrons. The maximum Gasteiger partial charge on any atom is 0.508 e. The van der Waals surface area contributed by atoms with Crippen molar-refractivity contribution >= 4 is 22.9 Å². The minimum atomic E-state index is -1.25. The lowest BCUT2D eigenvalue weighted by Crippen LogP contribution is -2.62. The molecule has 2 aromatic rings. The molecule has 2 aliphatic carbocycles. The Hall–Kier alpha value is -4.44. The van der Waals surface area contributed by atoms with Gasteiger partial charge in [-0.05, 0) is 61.7 Å². The van der Waals surface area contributed by atoms with Crippen LogP contribution in [0.5, 0.6) is 5.75 Å². The molecule has 3 aliphatic heterocycles. The van der Waals surface area contributed by atoms with E-state index in [1.807, 2.05) is 6.92 Å². The molecule has 5 aliphatic rings. The molecule has 0 saturated carbocycles. The smallest absolute Gasteiger partial charge is 0.507 e. The van der Waals surface area contributed by atoms with Gasteiger partial charge in [-0.2, -0.15) is 0 Å². The van der Waals surface area contributed by atoms with Gasteiger partial charge in [0.05, 0.1) is 18.8 Å². The van der Waals surface area contributed by atoms with Gasteiger partial charge >= 0.3 is 12.1 Å². The Labute approximate surface area is 275 Å². The Morgan fingerprint density at radius 3 is 2.73 bits per heavy atom. The van der Waals surface area contributed by atoms with Gasteiger partial charge in [0.25, 0.3) is 0 Å². The molecule has 3 fully saturated rings. The average Bonchev–Trinajstić information content (AvgIpc) is 3.39. The van der Waals surface area contributed by atoms with Crippen LogP contribution in [0.2, 0.25) is 0 Å². The Bertz CT molecular complexity index is 1880. The summed E-state index contributed by atoms with van der Waals surface area (Å²) in [7, 11) is 1.58. The number of esters is 1. The van der Waals surface area contributed by atoms with Gasteiger partial charge < -0.3 is 54.2 Å². The molecule has 0 aromatic heterocycles. The van der Waals surface area contributed by atoms with Crippen LogP contribution in [0.3, 0.4) is 0 Å². The second-order valence-electron chi connectivity index (χ2n) is 12.2. The number of allylic oxidation sites excluding steroid dienone is 1. The van der Waals surface area contributed by atoms with Crippen molar-refractivity contribution in [2.75, 3.05) is 13.7 Å². The van der Waals surface area contributed by atoms with Gasteiger partial charge in [0, 0.05) is 16.5 Å². The van der Waals surface area contributed by atoms with Gasteiger partial charge in [0.15, 0.2) is 24.6 Å². The van der Waals surface area contributed by atoms with Crippen molar-refractivity contribution in [3.63, 3.8) is 0 Å². The number of phenolic OH excluding ortho intramolecular Hbond substituents is 1. The Balaban J connectivity index is 1.27. The molecular weight excluding hydrogens is 626 g/mol. The number of nitrogens with one attached hydrogen (secondary N) is 1. The monoisotopic (exact) mass is 659 g/mol. The first-order chi connectivity index (χ1) is 23.0. The van der Waals surface area contributed by atoms with E-state index in [0.29, 0.717) is 27.5 Å². The van der Waals surface area contributed by atoms with Crippen LogP contribution < -0.4 is 5.32 Å². The van der Waals surface area contributed by atoms with Crippen molar-refractivity contribution < 1.29 is 58.4 Å². The summed E-state index contributed by atoms with van der Waals surface area (Å²) in [6.07, 6.45) is -5.68. The van der Waals surface area contributed by atoms with Crippen molar-refractivity contribution in [2.45, 2.75) is 81.1 Å². The lowest BCUT2D eigenvalue weighted by molar-refractivity contribution is -0.273. The maximum atomic E-state index is 14.0. The summed E-state index contributed by atoms with van der Waals surface area (Å²) in [6, 6.07) is 5.63. The number of cyclic esters (lactones) is 2. The number of aromatic hydroxyl groups is 1. The molecule has 0 bridgehead atoms. The first-order valence-electron chi connectivity index (χ1n) is 15.4. The van der Waals surface area contributed by atoms with Crippen molar-refractivity contribution in [3.05, 3.63) is 64.3 Å². The number of rotatable bonds is 7. The van der Waals surface area contributed by atoms with E-state index in [4.69, 9.17) is 28.4 Å². The van der Waals surface area contributed by atoms with Crippen molar-refractivity contribution in [3.8, 4) is 29.4 Å². The summed E-state index contributed by atoms with van der Waals surface area (Å²) in [5.74, 6) is 10.9. The quantitative estimate of drug-likeness (QED) is 0.160. The van der Waals surface area contributed by atoms with Crippen LogP contribution in [-0.2, 0) is 35.0 Å². The topological polar surface area (TPSA) is 186 Å². The van der Waals surface area contributed by atoms with E-state index in [1.54, 1.807) is 44.3 Å². The van der Waals surface area contributed by atoms with Crippen LogP contribution >= 0.6 is 0 Å². The Morgan fingerprint density at radius 1 is 1.19 bits per heavy atom. The Morgan fingerprint density at radius 2 is 2.00 bits per heavy atom. The molecule has 10 atom stereocenters. The number of aliphatic hydroxyl groups excluding tert-OH is 3. The standard InChI is InChI=1S/C35H33NO12/c1-16-11-18(14-37)12-22-20(16)7-8-23(38)27(22)32(41)45-24-13-19-9-10-35(26-15-43-34(42)46-26)25(48-35)6-4-5-21(19)31(24)47-33-28(36-3)30(40)29(39)17(2)44-33/h5,7-8,11-13,17,24-26,28-31,33,36-40H,14-15H2,1-3H3/t17?,24-,25-,26-,28?,29+,30+,31-,33-,35?/m1/s1. The van der Waals surface area contributed by atoms with Crippen LogP contribution in [-0.4, -0.2) is 107 Å². The van der Waals surface area contributed by atoms with Gasteiger partial charge in [-0.3, -0.25) is 0 Å². The number of aliphatic hydroxyl groups is 3. The predicted octanol–water partition coefficient (Wildman–Crippen LogP) is 0.871. The molecule has 13 heteroatoms. The summed E-state index contributed by atoms with van der Waals surface area (Å²) in [5.41, 5.74) is 0.848. The highest BCUT2D eigenvalue weighted by Crippen LogP contribution is 2.44. The summed E-state index contributed by atoms with van der Waals surface area (Å²) in [5, 5.41) is 46.0. The number of ether oxygens (including phenoxy) is 6. The van der Waals surface area contributed by atoms with Crippen molar-refractivity contribution in [1.29, 1.82) is 0 Å². The van der Waals surface area contributed by atoms with Gasteiger partial charge in [0.2, 0.25) is 5.60 Å². The zero-order chi connectivity index (χ0) is 33.9. The number of phenols is 1. The molecular formula is C35H33NO12. The number of likely N-dealkylation sites (N-methyl/N-ethyl adjacent to an activating group) is 1. The van der Waals surface area contributed by atoms with Gasteiger partial charge in [-0.15, -0.1) is 0 Å². The fourth-order valence-corrected chi connectivity index (χ4v) is 6.58. The lowest BCUT2D eigenvalue weighted by atomic mass is 9.97. The molecule has 2 aromatic carbocycles. The highest BCUT2D eigenvalue weighted by molar-refractivity contribution is 6.08. The molecule has 3 heterocycles. The van der Waals surface area contributed by atoms with Crippen molar-refractivity contribution in [2.24, 2.45) is 0 Å². The summed E-state index contributed by atoms with van der Waals surface area (Å²) >= 11 is 0. The number of fused-ring (bicyclic) bond motifs is 3. The van der Waals surface area contributed by atoms with Gasteiger partial charge in [-0.25, -0.2) is 9.59 Å². The van der Waals surface area contributed by atoms with Crippen LogP contribution in [0.1, 0.15) is 28.4 Å². The Kier molecular flexibility index (Phi) is 8.18. The minimum absolute atomic E-state index is 0.0558. The third-order valence-corrected chi connectivity index (χ3v) is 9.26. The third-order valence-electron chi connectivity index (χ3n) is 9.26. The van der Waals surface area contributed by atoms with Gasteiger partial charge in [-0.1, -0.05) is 35.8 Å². The van der Waals surface area contributed by atoms with Crippen LogP contribution in [0.25, 0.3) is 10.8 Å². The van der Waals surface area contributed by atoms with Gasteiger partial charge in [0.1, 0.15) is 36.2 Å². The molecule has 13 nitrogen and oxygen atoms in total. The van der Waals surface area contributed by atoms with E-state index in [0.717, 1.165) is 5.56 Å². The van der Waals surface area contributed by atoms with Crippen LogP contribution in [0.4, 0.5) is 4.79 Å². The minimum Gasteiger partial charge on any atom is -0.507 e. The summed E-state index contributed by atoms with van der Waals surface area (Å²) in [6.45, 7) is 3.10. The summed E-state index contributed by atoms with van der Waals surface area (Å²) in [4.78, 5) is 25.6.